The molecule has 1 aliphatic rings. The summed E-state index contributed by atoms with van der Waals surface area (Å²) >= 11 is 3.50. The normalized spacial score (nSPS) is 25.3. The average Bonchev–Trinajstić information content (AvgIpc) is 2.48. The molecule has 94 valence electrons. The summed E-state index contributed by atoms with van der Waals surface area (Å²) in [6.07, 6.45) is 8.15. The molecule has 0 amide bonds. The van der Waals surface area contributed by atoms with E-state index in [9.17, 15) is 0 Å². The van der Waals surface area contributed by atoms with E-state index in [1.807, 2.05) is 6.07 Å². The van der Waals surface area contributed by atoms with Crippen molar-refractivity contribution in [1.82, 2.24) is 4.98 Å². The van der Waals surface area contributed by atoms with Crippen LogP contribution in [0, 0.1) is 5.92 Å². The van der Waals surface area contributed by atoms with Crippen molar-refractivity contribution in [3.05, 3.63) is 16.7 Å². The number of nitrogens with one attached hydrogen (secondary N) is 1. The molecule has 17 heavy (non-hydrogen) atoms. The topological polar surface area (TPSA) is 50.9 Å². The van der Waals surface area contributed by atoms with Gasteiger partial charge in [0.15, 0.2) is 0 Å². The van der Waals surface area contributed by atoms with E-state index in [4.69, 9.17) is 5.73 Å². The van der Waals surface area contributed by atoms with Gasteiger partial charge in [-0.1, -0.05) is 19.8 Å². The Morgan fingerprint density at radius 2 is 2.18 bits per heavy atom. The van der Waals surface area contributed by atoms with E-state index in [2.05, 4.69) is 33.2 Å². The van der Waals surface area contributed by atoms with Crippen molar-refractivity contribution in [3.63, 3.8) is 0 Å². The number of nitrogens with two attached hydrogens (primary N) is 1. The summed E-state index contributed by atoms with van der Waals surface area (Å²) in [7, 11) is 0. The highest BCUT2D eigenvalue weighted by molar-refractivity contribution is 9.10. The van der Waals surface area contributed by atoms with Crippen LogP contribution in [0.5, 0.6) is 0 Å². The zero-order chi connectivity index (χ0) is 12.3. The van der Waals surface area contributed by atoms with Crippen molar-refractivity contribution in [2.45, 2.75) is 45.1 Å². The van der Waals surface area contributed by atoms with Gasteiger partial charge in [0.2, 0.25) is 0 Å². The molecule has 1 saturated carbocycles. The fourth-order valence-electron chi connectivity index (χ4n) is 2.38. The highest BCUT2D eigenvalue weighted by Crippen LogP contribution is 2.27. The summed E-state index contributed by atoms with van der Waals surface area (Å²) in [6, 6.07) is 2.45. The van der Waals surface area contributed by atoms with Crippen molar-refractivity contribution in [1.29, 1.82) is 0 Å². The Bertz CT molecular complexity index is 381. The largest absolute Gasteiger partial charge is 0.397 e. The van der Waals surface area contributed by atoms with Crippen molar-refractivity contribution in [3.8, 4) is 0 Å². The number of anilines is 2. The minimum Gasteiger partial charge on any atom is -0.397 e. The standard InChI is InChI=1S/C13H20BrN3/c1-9-3-2-4-11(6-5-9)17-13-12(14)7-10(15)8-16-13/h7-9,11H,2-6,15H2,1H3,(H,16,17). The molecule has 0 saturated heterocycles. The molecule has 0 radical (unpaired) electrons. The van der Waals surface area contributed by atoms with Crippen molar-refractivity contribution in [2.24, 2.45) is 5.92 Å². The fraction of sp³-hybridized carbons (Fsp3) is 0.615. The Morgan fingerprint density at radius 3 is 2.94 bits per heavy atom. The zero-order valence-electron chi connectivity index (χ0n) is 10.2. The van der Waals surface area contributed by atoms with Gasteiger partial charge in [-0.3, -0.25) is 0 Å². The van der Waals surface area contributed by atoms with Gasteiger partial charge in [0.25, 0.3) is 0 Å². The molecule has 3 N–H and O–H groups in total. The molecule has 2 unspecified atom stereocenters. The third-order valence-corrected chi connectivity index (χ3v) is 4.07. The SMILES string of the molecule is CC1CCCC(Nc2ncc(N)cc2Br)CC1. The Labute approximate surface area is 111 Å². The van der Waals surface area contributed by atoms with Gasteiger partial charge in [-0.2, -0.15) is 0 Å². The van der Waals surface area contributed by atoms with E-state index in [0.717, 1.165) is 16.2 Å². The van der Waals surface area contributed by atoms with E-state index >= 15 is 0 Å². The fourth-order valence-corrected chi connectivity index (χ4v) is 2.86. The summed E-state index contributed by atoms with van der Waals surface area (Å²) in [5.41, 5.74) is 6.38. The Morgan fingerprint density at radius 1 is 1.35 bits per heavy atom. The lowest BCUT2D eigenvalue weighted by atomic mass is 10.0. The molecule has 0 bridgehead atoms. The number of hydrogen-bond donors (Lipinski definition) is 2. The summed E-state index contributed by atoms with van der Waals surface area (Å²) < 4.78 is 0.954. The number of pyridine rings is 1. The van der Waals surface area contributed by atoms with Gasteiger partial charge in [0.1, 0.15) is 5.82 Å². The quantitative estimate of drug-likeness (QED) is 0.816. The third kappa shape index (κ3) is 3.60. The average molecular weight is 298 g/mol. The maximum Gasteiger partial charge on any atom is 0.140 e. The second-order valence-electron chi connectivity index (χ2n) is 5.05. The molecule has 1 heterocycles. The smallest absolute Gasteiger partial charge is 0.140 e. The molecule has 2 atom stereocenters. The van der Waals surface area contributed by atoms with E-state index in [1.54, 1.807) is 6.20 Å². The van der Waals surface area contributed by atoms with Crippen LogP contribution < -0.4 is 11.1 Å². The van der Waals surface area contributed by atoms with Crippen molar-refractivity contribution < 1.29 is 0 Å². The number of rotatable bonds is 2. The first-order valence-corrected chi connectivity index (χ1v) is 7.12. The van der Waals surface area contributed by atoms with E-state index in [1.165, 1.54) is 32.1 Å². The van der Waals surface area contributed by atoms with Gasteiger partial charge in [0.05, 0.1) is 16.4 Å². The first-order chi connectivity index (χ1) is 8.15. The van der Waals surface area contributed by atoms with Crippen LogP contribution in [-0.4, -0.2) is 11.0 Å². The maximum atomic E-state index is 5.68. The van der Waals surface area contributed by atoms with Crippen LogP contribution in [0.15, 0.2) is 16.7 Å². The van der Waals surface area contributed by atoms with Gasteiger partial charge in [-0.25, -0.2) is 4.98 Å². The zero-order valence-corrected chi connectivity index (χ0v) is 11.8. The molecular weight excluding hydrogens is 278 g/mol. The Kier molecular flexibility index (Phi) is 4.26. The third-order valence-electron chi connectivity index (χ3n) is 3.46. The number of nitrogens with zero attached hydrogens (tertiary/aromatic N) is 1. The second kappa shape index (κ2) is 5.71. The van der Waals surface area contributed by atoms with Gasteiger partial charge < -0.3 is 11.1 Å². The summed E-state index contributed by atoms with van der Waals surface area (Å²) in [6.45, 7) is 2.35. The van der Waals surface area contributed by atoms with Crippen molar-refractivity contribution >= 4 is 27.4 Å². The van der Waals surface area contributed by atoms with E-state index < -0.39 is 0 Å². The van der Waals surface area contributed by atoms with Gasteiger partial charge >= 0.3 is 0 Å². The van der Waals surface area contributed by atoms with E-state index in [0.29, 0.717) is 11.7 Å². The van der Waals surface area contributed by atoms with Crippen LogP contribution >= 0.6 is 15.9 Å². The van der Waals surface area contributed by atoms with Crippen LogP contribution in [0.1, 0.15) is 39.0 Å². The predicted molar refractivity (Wildman–Crippen MR) is 76.0 cm³/mol. The van der Waals surface area contributed by atoms with E-state index in [-0.39, 0.29) is 0 Å². The minimum absolute atomic E-state index is 0.548. The predicted octanol–water partition coefficient (Wildman–Crippen LogP) is 3.81. The van der Waals surface area contributed by atoms with Crippen LogP contribution in [0.25, 0.3) is 0 Å². The van der Waals surface area contributed by atoms with Crippen LogP contribution in [0.3, 0.4) is 0 Å². The van der Waals surface area contributed by atoms with Gasteiger partial charge in [-0.05, 0) is 47.2 Å². The summed E-state index contributed by atoms with van der Waals surface area (Å²) in [5.74, 6) is 1.78. The molecule has 2 rings (SSSR count). The lowest BCUT2D eigenvalue weighted by Crippen LogP contribution is -2.19. The monoisotopic (exact) mass is 297 g/mol. The first kappa shape index (κ1) is 12.7. The molecule has 1 aromatic rings. The van der Waals surface area contributed by atoms with Crippen LogP contribution in [0.2, 0.25) is 0 Å². The summed E-state index contributed by atoms with van der Waals surface area (Å²) in [5, 5.41) is 3.52. The number of hydrogen-bond acceptors (Lipinski definition) is 3. The highest BCUT2D eigenvalue weighted by Gasteiger charge is 2.17. The van der Waals surface area contributed by atoms with Crippen LogP contribution in [-0.2, 0) is 0 Å². The summed E-state index contributed by atoms with van der Waals surface area (Å²) in [4.78, 5) is 4.34. The molecule has 0 spiro atoms. The van der Waals surface area contributed by atoms with Gasteiger partial charge in [0, 0.05) is 6.04 Å². The molecule has 1 fully saturated rings. The highest BCUT2D eigenvalue weighted by atomic mass is 79.9. The number of aromatic nitrogens is 1. The van der Waals surface area contributed by atoms with Crippen molar-refractivity contribution in [2.75, 3.05) is 11.1 Å². The molecule has 0 aromatic carbocycles. The number of halogens is 1. The molecular formula is C13H20BrN3. The molecule has 3 nitrogen and oxygen atoms in total. The lowest BCUT2D eigenvalue weighted by molar-refractivity contribution is 0.502. The molecule has 1 aromatic heterocycles. The molecule has 0 aliphatic heterocycles. The van der Waals surface area contributed by atoms with Crippen LogP contribution in [0.4, 0.5) is 11.5 Å². The number of nitrogen functional groups attached to an aromatic ring is 1. The minimum atomic E-state index is 0.548. The second-order valence-corrected chi connectivity index (χ2v) is 5.91. The Hall–Kier alpha value is -0.770. The maximum absolute atomic E-state index is 5.68. The molecule has 1 aliphatic carbocycles. The lowest BCUT2D eigenvalue weighted by Gasteiger charge is -2.18. The molecule has 4 heteroatoms. The first-order valence-electron chi connectivity index (χ1n) is 6.32. The van der Waals surface area contributed by atoms with Gasteiger partial charge in [-0.15, -0.1) is 0 Å². The Balaban J connectivity index is 2.00.